The highest BCUT2D eigenvalue weighted by Crippen LogP contribution is 2.43. The second-order valence-corrected chi connectivity index (χ2v) is 10.2. The molecule has 41 heavy (non-hydrogen) atoms. The van der Waals surface area contributed by atoms with Gasteiger partial charge in [0.05, 0.1) is 24.2 Å². The van der Waals surface area contributed by atoms with E-state index in [1.165, 1.54) is 9.80 Å². The molecule has 0 saturated carbocycles. The van der Waals surface area contributed by atoms with E-state index in [2.05, 4.69) is 21.3 Å². The molecule has 0 bridgehead atoms. The largest absolute Gasteiger partial charge is 0.361 e. The van der Waals surface area contributed by atoms with E-state index in [4.69, 9.17) is 10.8 Å². The van der Waals surface area contributed by atoms with Crippen LogP contribution in [0.2, 0.25) is 0 Å². The Labute approximate surface area is 230 Å². The number of halogens is 2. The molecule has 14 nitrogen and oxygen atoms in total. The standard InChI is InChI=1S/C25H25F2N9O5/c26-14-8-4-7-13(18(14)27)20(38)31-16-10-36-22(29)30-15(19-24(36,25(16,40)41)33-21(28)32-19)9-35-17(37)11-34(23(35)39)12-5-2-1-3-6-12/h1-8,15-16,19,40-41H,9-11H2,(H2,29,30)(H,31,38)(H3,28,32,33)/t15-,16?,19?,24?/m0/s1. The predicted octanol–water partition coefficient (Wildman–Crippen LogP) is -1.37. The van der Waals surface area contributed by atoms with Gasteiger partial charge in [-0.2, -0.15) is 0 Å². The first-order chi connectivity index (χ1) is 19.5. The molecule has 4 aliphatic heterocycles. The highest BCUT2D eigenvalue weighted by molar-refractivity contribution is 6.12. The van der Waals surface area contributed by atoms with Crippen molar-refractivity contribution < 1.29 is 33.4 Å². The summed E-state index contributed by atoms with van der Waals surface area (Å²) in [5.41, 5.74) is -2.18. The van der Waals surface area contributed by atoms with E-state index in [0.29, 0.717) is 5.69 Å². The molecule has 0 aromatic heterocycles. The van der Waals surface area contributed by atoms with Crippen molar-refractivity contribution in [1.29, 1.82) is 10.8 Å². The summed E-state index contributed by atoms with van der Waals surface area (Å²) in [6.07, 6.45) is 0. The molecular formula is C25H25F2N9O5. The van der Waals surface area contributed by atoms with Gasteiger partial charge in [-0.3, -0.25) is 30.2 Å². The summed E-state index contributed by atoms with van der Waals surface area (Å²) in [5.74, 6) is -7.91. The molecule has 2 aromatic rings. The Balaban J connectivity index is 1.28. The van der Waals surface area contributed by atoms with E-state index < -0.39 is 64.6 Å². The van der Waals surface area contributed by atoms with Gasteiger partial charge >= 0.3 is 6.03 Å². The number of para-hydroxylation sites is 1. The second kappa shape index (κ2) is 9.10. The number of amides is 4. The maximum Gasteiger partial charge on any atom is 0.331 e. The van der Waals surface area contributed by atoms with Gasteiger partial charge in [0.2, 0.25) is 5.79 Å². The average molecular weight is 570 g/mol. The third-order valence-corrected chi connectivity index (χ3v) is 7.90. The zero-order valence-corrected chi connectivity index (χ0v) is 21.2. The monoisotopic (exact) mass is 569 g/mol. The van der Waals surface area contributed by atoms with Crippen molar-refractivity contribution >= 4 is 35.5 Å². The molecule has 4 heterocycles. The SMILES string of the molecule is N=C1NC2[C@H](CN3C(=O)CN(c4ccccc4)C3=O)NC(=N)N3CC(NC(=O)c4cccc(F)c4F)C(O)(O)C23N1. The lowest BCUT2D eigenvalue weighted by Gasteiger charge is -2.51. The second-order valence-electron chi connectivity index (χ2n) is 10.2. The van der Waals surface area contributed by atoms with Crippen LogP contribution in [0.5, 0.6) is 0 Å². The summed E-state index contributed by atoms with van der Waals surface area (Å²) >= 11 is 0. The van der Waals surface area contributed by atoms with Crippen molar-refractivity contribution in [3.63, 3.8) is 0 Å². The third kappa shape index (κ3) is 3.78. The normalized spacial score (nSPS) is 28.2. The summed E-state index contributed by atoms with van der Waals surface area (Å²) in [5, 5.41) is 50.4. The summed E-state index contributed by atoms with van der Waals surface area (Å²) in [4.78, 5) is 42.3. The van der Waals surface area contributed by atoms with Gasteiger partial charge in [-0.15, -0.1) is 0 Å². The van der Waals surface area contributed by atoms with Gasteiger partial charge in [0.1, 0.15) is 12.6 Å². The number of carbonyl (C=O) groups excluding carboxylic acids is 3. The Morgan fingerprint density at radius 1 is 1.07 bits per heavy atom. The Morgan fingerprint density at radius 2 is 1.80 bits per heavy atom. The molecule has 1 spiro atoms. The highest BCUT2D eigenvalue weighted by atomic mass is 19.2. The molecule has 2 aromatic carbocycles. The number of carbonyl (C=O) groups is 3. The number of hydrogen-bond donors (Lipinski definition) is 8. The molecule has 6 rings (SSSR count). The summed E-state index contributed by atoms with van der Waals surface area (Å²) in [7, 11) is 0. The van der Waals surface area contributed by atoms with Crippen LogP contribution >= 0.6 is 0 Å². The average Bonchev–Trinajstić information content (AvgIpc) is 3.51. The maximum absolute atomic E-state index is 14.3. The van der Waals surface area contributed by atoms with Crippen LogP contribution in [0.15, 0.2) is 48.5 Å². The lowest BCUT2D eigenvalue weighted by Crippen LogP contribution is -2.81. The predicted molar refractivity (Wildman–Crippen MR) is 138 cm³/mol. The number of rotatable bonds is 5. The minimum absolute atomic E-state index is 0.217. The van der Waals surface area contributed by atoms with E-state index in [1.54, 1.807) is 30.3 Å². The molecule has 0 radical (unpaired) electrons. The number of urea groups is 1. The van der Waals surface area contributed by atoms with Gasteiger partial charge in [0, 0.05) is 12.2 Å². The minimum Gasteiger partial charge on any atom is -0.361 e. The van der Waals surface area contributed by atoms with Gasteiger partial charge in [-0.25, -0.2) is 13.6 Å². The summed E-state index contributed by atoms with van der Waals surface area (Å²) < 4.78 is 28.0. The van der Waals surface area contributed by atoms with Gasteiger partial charge in [0.25, 0.3) is 11.8 Å². The van der Waals surface area contributed by atoms with Crippen molar-refractivity contribution in [2.75, 3.05) is 24.5 Å². The Bertz CT molecular complexity index is 1490. The number of hydrogen-bond acceptors (Lipinski definition) is 7. The molecular weight excluding hydrogens is 544 g/mol. The fraction of sp³-hybridized carbons (Fsp3) is 0.320. The quantitative estimate of drug-likeness (QED) is 0.158. The van der Waals surface area contributed by atoms with E-state index >= 15 is 0 Å². The fourth-order valence-electron chi connectivity index (χ4n) is 5.97. The highest BCUT2D eigenvalue weighted by Gasteiger charge is 2.74. The van der Waals surface area contributed by atoms with Crippen molar-refractivity contribution in [2.45, 2.75) is 29.6 Å². The van der Waals surface area contributed by atoms with Crippen molar-refractivity contribution in [3.05, 3.63) is 65.7 Å². The van der Waals surface area contributed by atoms with Crippen molar-refractivity contribution in [1.82, 2.24) is 31.1 Å². The lowest BCUT2D eigenvalue weighted by molar-refractivity contribution is -0.232. The van der Waals surface area contributed by atoms with Crippen LogP contribution < -0.4 is 26.2 Å². The molecule has 4 atom stereocenters. The van der Waals surface area contributed by atoms with E-state index in [9.17, 15) is 33.4 Å². The molecule has 214 valence electrons. The van der Waals surface area contributed by atoms with Gasteiger partial charge in [0.15, 0.2) is 29.2 Å². The fourth-order valence-corrected chi connectivity index (χ4v) is 5.97. The first kappa shape index (κ1) is 26.4. The zero-order valence-electron chi connectivity index (χ0n) is 21.2. The Morgan fingerprint density at radius 3 is 2.54 bits per heavy atom. The van der Waals surface area contributed by atoms with Crippen LogP contribution in [0.1, 0.15) is 10.4 Å². The van der Waals surface area contributed by atoms with Crippen LogP contribution in [0.3, 0.4) is 0 Å². The summed E-state index contributed by atoms with van der Waals surface area (Å²) in [6, 6.07) is 7.26. The van der Waals surface area contributed by atoms with E-state index in [-0.39, 0.29) is 31.6 Å². The Hall–Kier alpha value is -4.83. The number of nitrogens with one attached hydrogen (secondary N) is 6. The van der Waals surface area contributed by atoms with Crippen LogP contribution in [0.4, 0.5) is 19.3 Å². The number of aliphatic hydroxyl groups is 2. The van der Waals surface area contributed by atoms with Crippen LogP contribution in [0.25, 0.3) is 0 Å². The maximum atomic E-state index is 14.3. The molecule has 4 aliphatic rings. The number of benzene rings is 2. The minimum atomic E-state index is -2.89. The van der Waals surface area contributed by atoms with E-state index in [1.807, 2.05) is 0 Å². The number of nitrogens with zero attached hydrogens (tertiary/aromatic N) is 3. The first-order valence-corrected chi connectivity index (χ1v) is 12.6. The topological polar surface area (TPSA) is 197 Å². The molecule has 0 aliphatic carbocycles. The lowest BCUT2D eigenvalue weighted by atomic mass is 9.84. The molecule has 3 unspecified atom stereocenters. The molecule has 4 fully saturated rings. The number of guanidine groups is 2. The van der Waals surface area contributed by atoms with Gasteiger partial charge in [-0.1, -0.05) is 24.3 Å². The zero-order chi connectivity index (χ0) is 29.3. The van der Waals surface area contributed by atoms with Gasteiger partial charge < -0.3 is 36.4 Å². The van der Waals surface area contributed by atoms with Crippen LogP contribution in [-0.4, -0.2) is 99.0 Å². The Kier molecular flexibility index (Phi) is 5.86. The molecule has 4 saturated heterocycles. The number of anilines is 1. The van der Waals surface area contributed by atoms with Crippen molar-refractivity contribution in [3.8, 4) is 0 Å². The number of imide groups is 1. The third-order valence-electron chi connectivity index (χ3n) is 7.90. The smallest absolute Gasteiger partial charge is 0.331 e. The van der Waals surface area contributed by atoms with Crippen molar-refractivity contribution in [2.24, 2.45) is 0 Å². The van der Waals surface area contributed by atoms with Gasteiger partial charge in [-0.05, 0) is 24.3 Å². The molecule has 4 amide bonds. The molecule has 8 N–H and O–H groups in total. The summed E-state index contributed by atoms with van der Waals surface area (Å²) in [6.45, 7) is -0.894. The molecule has 16 heteroatoms. The van der Waals surface area contributed by atoms with Crippen LogP contribution in [-0.2, 0) is 4.79 Å². The van der Waals surface area contributed by atoms with E-state index in [0.717, 1.165) is 23.1 Å². The van der Waals surface area contributed by atoms with Crippen LogP contribution in [0, 0.1) is 22.5 Å². The first-order valence-electron chi connectivity index (χ1n) is 12.6.